The number of fused-ring (bicyclic) bond motifs is 1. The van der Waals surface area contributed by atoms with Crippen LogP contribution in [0, 0.1) is 5.92 Å². The maximum atomic E-state index is 12.8. The van der Waals surface area contributed by atoms with Gasteiger partial charge in [0.25, 0.3) is 0 Å². The number of nitrogens with zero attached hydrogens (tertiary/aromatic N) is 1. The summed E-state index contributed by atoms with van der Waals surface area (Å²) in [7, 11) is 0. The van der Waals surface area contributed by atoms with Crippen LogP contribution in [0.15, 0.2) is 24.3 Å². The fourth-order valence-electron chi connectivity index (χ4n) is 4.24. The zero-order chi connectivity index (χ0) is 19.2. The molecule has 1 aliphatic heterocycles. The second kappa shape index (κ2) is 9.02. The molecule has 3 N–H and O–H groups in total. The molecule has 27 heavy (non-hydrogen) atoms. The summed E-state index contributed by atoms with van der Waals surface area (Å²) in [5.74, 6) is -0.718. The number of hydrogen-bond acceptors (Lipinski definition) is 3. The molecule has 1 heterocycles. The van der Waals surface area contributed by atoms with E-state index in [1.165, 1.54) is 11.1 Å². The van der Waals surface area contributed by atoms with Crippen LogP contribution in [0.25, 0.3) is 0 Å². The lowest BCUT2D eigenvalue weighted by Gasteiger charge is -2.28. The molecule has 146 valence electrons. The third-order valence-corrected chi connectivity index (χ3v) is 5.67. The molecule has 0 spiro atoms. The highest BCUT2D eigenvalue weighted by molar-refractivity contribution is 5.86. The third-order valence-electron chi connectivity index (χ3n) is 5.67. The van der Waals surface area contributed by atoms with Crippen molar-refractivity contribution in [3.8, 4) is 0 Å². The maximum absolute atomic E-state index is 12.8. The van der Waals surface area contributed by atoms with E-state index in [-0.39, 0.29) is 42.6 Å². The van der Waals surface area contributed by atoms with E-state index < -0.39 is 0 Å². The number of nitrogens with two attached hydrogens (primary N) is 1. The average Bonchev–Trinajstić information content (AvgIpc) is 2.82. The van der Waals surface area contributed by atoms with Crippen molar-refractivity contribution in [2.24, 2.45) is 11.7 Å². The Balaban J connectivity index is 1.59. The molecule has 1 aromatic carbocycles. The summed E-state index contributed by atoms with van der Waals surface area (Å²) in [5, 5.41) is 3.12. The Morgan fingerprint density at radius 3 is 2.78 bits per heavy atom. The Labute approximate surface area is 160 Å². The molecule has 3 amide bonds. The number of primary amides is 1. The van der Waals surface area contributed by atoms with Gasteiger partial charge >= 0.3 is 0 Å². The first-order chi connectivity index (χ1) is 13.0. The van der Waals surface area contributed by atoms with E-state index in [1.807, 2.05) is 12.1 Å². The molecule has 6 nitrogen and oxygen atoms in total. The monoisotopic (exact) mass is 371 g/mol. The van der Waals surface area contributed by atoms with Gasteiger partial charge in [-0.2, -0.15) is 0 Å². The number of aryl methyl sites for hydroxylation is 1. The topological polar surface area (TPSA) is 92.5 Å². The molecule has 3 rings (SSSR count). The highest BCUT2D eigenvalue weighted by atomic mass is 16.2. The number of amides is 3. The van der Waals surface area contributed by atoms with E-state index in [0.29, 0.717) is 13.0 Å². The molecule has 6 heteroatoms. The van der Waals surface area contributed by atoms with Crippen molar-refractivity contribution in [2.45, 2.75) is 57.4 Å². The highest BCUT2D eigenvalue weighted by Crippen LogP contribution is 2.29. The molecule has 0 saturated carbocycles. The molecular formula is C21H29N3O3. The van der Waals surface area contributed by atoms with Gasteiger partial charge < -0.3 is 16.0 Å². The van der Waals surface area contributed by atoms with Gasteiger partial charge in [0.1, 0.15) is 0 Å². The summed E-state index contributed by atoms with van der Waals surface area (Å²) >= 11 is 0. The Morgan fingerprint density at radius 1 is 1.15 bits per heavy atom. The van der Waals surface area contributed by atoms with Crippen molar-refractivity contribution in [3.05, 3.63) is 35.4 Å². The van der Waals surface area contributed by atoms with Crippen LogP contribution in [0.2, 0.25) is 0 Å². The summed E-state index contributed by atoms with van der Waals surface area (Å²) in [6, 6.07) is 8.26. The van der Waals surface area contributed by atoms with E-state index >= 15 is 0 Å². The zero-order valence-corrected chi connectivity index (χ0v) is 15.8. The second-order valence-electron chi connectivity index (χ2n) is 7.67. The lowest BCUT2D eigenvalue weighted by atomic mass is 9.88. The van der Waals surface area contributed by atoms with Crippen LogP contribution >= 0.6 is 0 Å². The molecule has 0 radical (unpaired) electrons. The van der Waals surface area contributed by atoms with Crippen molar-refractivity contribution < 1.29 is 14.4 Å². The van der Waals surface area contributed by atoms with Crippen molar-refractivity contribution in [1.29, 1.82) is 0 Å². The van der Waals surface area contributed by atoms with Crippen LogP contribution in [-0.2, 0) is 20.8 Å². The smallest absolute Gasteiger partial charge is 0.240 e. The van der Waals surface area contributed by atoms with Crippen LogP contribution in [-0.4, -0.2) is 35.7 Å². The van der Waals surface area contributed by atoms with Gasteiger partial charge in [0.2, 0.25) is 17.7 Å². The fourth-order valence-corrected chi connectivity index (χ4v) is 4.24. The van der Waals surface area contributed by atoms with Crippen molar-refractivity contribution in [2.75, 3.05) is 13.1 Å². The lowest BCUT2D eigenvalue weighted by molar-refractivity contribution is -0.139. The van der Waals surface area contributed by atoms with Crippen LogP contribution in [0.1, 0.15) is 62.1 Å². The zero-order valence-electron chi connectivity index (χ0n) is 15.8. The van der Waals surface area contributed by atoms with E-state index in [1.54, 1.807) is 4.90 Å². The van der Waals surface area contributed by atoms with Gasteiger partial charge in [-0.25, -0.2) is 0 Å². The molecular weight excluding hydrogens is 342 g/mol. The molecule has 2 aliphatic rings. The van der Waals surface area contributed by atoms with Crippen LogP contribution in [0.4, 0.5) is 0 Å². The number of hydrogen-bond donors (Lipinski definition) is 2. The minimum Gasteiger partial charge on any atom is -0.370 e. The predicted octanol–water partition coefficient (Wildman–Crippen LogP) is 2.07. The van der Waals surface area contributed by atoms with Crippen molar-refractivity contribution in [3.63, 3.8) is 0 Å². The first-order valence-corrected chi connectivity index (χ1v) is 9.99. The molecule has 0 bridgehead atoms. The van der Waals surface area contributed by atoms with Gasteiger partial charge in [-0.1, -0.05) is 30.7 Å². The standard InChI is InChI=1S/C21H29N3O3/c22-19(25)12-11-16-7-3-4-13-24(21(16)27)14-20(26)23-18-10-5-8-15-6-1-2-9-17(15)18/h1-2,6,9,16,18H,3-5,7-8,10-14H2,(H2,22,25)(H,23,26). The number of benzene rings is 1. The van der Waals surface area contributed by atoms with E-state index in [2.05, 4.69) is 17.4 Å². The van der Waals surface area contributed by atoms with Gasteiger partial charge in [0.05, 0.1) is 12.6 Å². The van der Waals surface area contributed by atoms with Gasteiger partial charge in [0, 0.05) is 18.9 Å². The first kappa shape index (κ1) is 19.4. The highest BCUT2D eigenvalue weighted by Gasteiger charge is 2.29. The molecule has 2 atom stereocenters. The number of rotatable bonds is 6. The molecule has 1 aromatic rings. The minimum atomic E-state index is -0.382. The van der Waals surface area contributed by atoms with E-state index in [9.17, 15) is 14.4 Å². The van der Waals surface area contributed by atoms with Crippen LogP contribution in [0.5, 0.6) is 0 Å². The summed E-state index contributed by atoms with van der Waals surface area (Å²) in [4.78, 5) is 38.1. The second-order valence-corrected chi connectivity index (χ2v) is 7.67. The summed E-state index contributed by atoms with van der Waals surface area (Å²) < 4.78 is 0. The van der Waals surface area contributed by atoms with Crippen LogP contribution in [0.3, 0.4) is 0 Å². The Morgan fingerprint density at radius 2 is 1.96 bits per heavy atom. The molecule has 2 unspecified atom stereocenters. The Bertz CT molecular complexity index is 704. The molecule has 0 aromatic heterocycles. The quantitative estimate of drug-likeness (QED) is 0.802. The lowest BCUT2D eigenvalue weighted by Crippen LogP contribution is -2.44. The number of nitrogens with one attached hydrogen (secondary N) is 1. The summed E-state index contributed by atoms with van der Waals surface area (Å²) in [5.41, 5.74) is 7.72. The van der Waals surface area contributed by atoms with E-state index in [0.717, 1.165) is 38.5 Å². The average molecular weight is 371 g/mol. The third kappa shape index (κ3) is 5.08. The molecule has 1 aliphatic carbocycles. The largest absolute Gasteiger partial charge is 0.370 e. The Hall–Kier alpha value is -2.37. The normalized spacial score (nSPS) is 22.7. The first-order valence-electron chi connectivity index (χ1n) is 9.99. The minimum absolute atomic E-state index is 0.0204. The van der Waals surface area contributed by atoms with Gasteiger partial charge in [0.15, 0.2) is 0 Å². The Kier molecular flexibility index (Phi) is 6.48. The predicted molar refractivity (Wildman–Crippen MR) is 103 cm³/mol. The maximum Gasteiger partial charge on any atom is 0.240 e. The van der Waals surface area contributed by atoms with E-state index in [4.69, 9.17) is 5.73 Å². The van der Waals surface area contributed by atoms with Crippen molar-refractivity contribution in [1.82, 2.24) is 10.2 Å². The number of carbonyl (C=O) groups excluding carboxylic acids is 3. The van der Waals surface area contributed by atoms with Gasteiger partial charge in [-0.3, -0.25) is 14.4 Å². The fraction of sp³-hybridized carbons (Fsp3) is 0.571. The molecule has 1 fully saturated rings. The summed E-state index contributed by atoms with van der Waals surface area (Å²) in [6.07, 6.45) is 6.31. The molecule has 1 saturated heterocycles. The van der Waals surface area contributed by atoms with Gasteiger partial charge in [-0.05, 0) is 49.7 Å². The number of carbonyl (C=O) groups is 3. The van der Waals surface area contributed by atoms with Crippen LogP contribution < -0.4 is 11.1 Å². The summed E-state index contributed by atoms with van der Waals surface area (Å²) in [6.45, 7) is 0.686. The van der Waals surface area contributed by atoms with Gasteiger partial charge in [-0.15, -0.1) is 0 Å². The van der Waals surface area contributed by atoms with Crippen molar-refractivity contribution >= 4 is 17.7 Å². The SMILES string of the molecule is NC(=O)CCC1CCCCN(CC(=O)NC2CCCc3ccccc32)C1=O. The number of likely N-dealkylation sites (tertiary alicyclic amines) is 1.